The molecule has 4 nitrogen and oxygen atoms in total. The molecule has 40 heavy (non-hydrogen) atoms. The fourth-order valence-electron chi connectivity index (χ4n) is 5.07. The van der Waals surface area contributed by atoms with Crippen LogP contribution >= 0.6 is 0 Å². The first-order valence-corrected chi connectivity index (χ1v) is 14.1. The molecule has 1 radical (unpaired) electrons. The molecular weight excluding hydrogens is 497 g/mol. The first-order chi connectivity index (χ1) is 18.9. The van der Waals surface area contributed by atoms with E-state index in [1.54, 1.807) is 13.0 Å². The molecule has 2 N–H and O–H groups in total. The van der Waals surface area contributed by atoms with Crippen molar-refractivity contribution < 1.29 is 9.87 Å². The summed E-state index contributed by atoms with van der Waals surface area (Å²) in [5.74, 6) is 0.662. The Morgan fingerprint density at radius 3 is 2.20 bits per heavy atom. The predicted octanol–water partition coefficient (Wildman–Crippen LogP) is 6.70. The Labute approximate surface area is 239 Å². The molecule has 0 amide bonds. The van der Waals surface area contributed by atoms with Gasteiger partial charge in [-0.2, -0.15) is 0 Å². The molecule has 0 bridgehead atoms. The first kappa shape index (κ1) is 31.0. The minimum absolute atomic E-state index is 0. The average molecular weight is 541 g/mol. The van der Waals surface area contributed by atoms with E-state index in [4.69, 9.17) is 4.99 Å². The van der Waals surface area contributed by atoms with E-state index < -0.39 is 0 Å². The lowest BCUT2D eigenvalue weighted by Gasteiger charge is -2.26. The van der Waals surface area contributed by atoms with Gasteiger partial charge in [-0.05, 0) is 78.3 Å². The Balaban J connectivity index is 0.00000144. The van der Waals surface area contributed by atoms with Gasteiger partial charge in [0.1, 0.15) is 11.7 Å². The second kappa shape index (κ2) is 14.2. The van der Waals surface area contributed by atoms with Crippen LogP contribution in [-0.4, -0.2) is 54.3 Å². The molecule has 5 heteroatoms. The van der Waals surface area contributed by atoms with Crippen LogP contribution in [0.5, 0.6) is 0 Å². The molecule has 0 saturated carbocycles. The van der Waals surface area contributed by atoms with Crippen molar-refractivity contribution in [2.75, 3.05) is 33.2 Å². The average Bonchev–Trinajstić information content (AvgIpc) is 3.81. The molecule has 0 fully saturated rings. The third kappa shape index (κ3) is 7.56. The van der Waals surface area contributed by atoms with Crippen LogP contribution in [0.25, 0.3) is 11.3 Å². The number of allylic oxidation sites excluding steroid dienone is 2. The Morgan fingerprint density at radius 1 is 0.925 bits per heavy atom. The van der Waals surface area contributed by atoms with E-state index in [-0.39, 0.29) is 11.3 Å². The lowest BCUT2D eigenvalue weighted by Crippen LogP contribution is -2.38. The van der Waals surface area contributed by atoms with Crippen molar-refractivity contribution in [2.24, 2.45) is 4.99 Å². The fraction of sp³-hybridized carbons (Fsp3) is 0.314. The third-order valence-electron chi connectivity index (χ3n) is 7.46. The predicted molar refractivity (Wildman–Crippen MR) is 168 cm³/mol. The van der Waals surface area contributed by atoms with Crippen molar-refractivity contribution >= 4 is 17.1 Å². The van der Waals surface area contributed by atoms with Gasteiger partial charge in [-0.3, -0.25) is 0 Å². The van der Waals surface area contributed by atoms with Gasteiger partial charge in [-0.15, -0.1) is 0 Å². The molecule has 211 valence electrons. The maximum atomic E-state index is 13.8. The summed E-state index contributed by atoms with van der Waals surface area (Å²) in [4.78, 5) is 9.72. The zero-order valence-corrected chi connectivity index (χ0v) is 24.6. The van der Waals surface area contributed by atoms with E-state index in [9.17, 15) is 4.39 Å². The molecule has 5 rings (SSSR count). The molecule has 0 unspecified atom stereocenters. The van der Waals surface area contributed by atoms with E-state index >= 15 is 0 Å². The summed E-state index contributed by atoms with van der Waals surface area (Å²) in [6, 6.07) is 20.1. The Morgan fingerprint density at radius 2 is 1.57 bits per heavy atom. The highest BCUT2D eigenvalue weighted by Gasteiger charge is 2.20. The normalized spacial score (nSPS) is 14.6. The van der Waals surface area contributed by atoms with E-state index in [1.165, 1.54) is 33.9 Å². The summed E-state index contributed by atoms with van der Waals surface area (Å²) in [5, 5.41) is 0. The number of aliphatic imine (C=N–C) groups is 1. The monoisotopic (exact) mass is 540 g/mol. The molecule has 0 atom stereocenters. The number of fused-ring (bicyclic) bond motifs is 1. The molecule has 1 heterocycles. The van der Waals surface area contributed by atoms with Crippen LogP contribution in [0.3, 0.4) is 0 Å². The summed E-state index contributed by atoms with van der Waals surface area (Å²) in [6.07, 6.45) is 6.57. The minimum atomic E-state index is -0.213. The number of hydrogen-bond acceptors (Lipinski definition) is 2. The summed E-state index contributed by atoms with van der Waals surface area (Å²) < 4.78 is 13.8. The van der Waals surface area contributed by atoms with Crippen LogP contribution in [0, 0.1) is 26.1 Å². The van der Waals surface area contributed by atoms with E-state index in [1.807, 2.05) is 38.1 Å². The van der Waals surface area contributed by atoms with Gasteiger partial charge in [0.15, 0.2) is 0 Å². The highest BCUT2D eigenvalue weighted by Crippen LogP contribution is 2.34. The zero-order valence-electron chi connectivity index (χ0n) is 24.6. The summed E-state index contributed by atoms with van der Waals surface area (Å²) in [6.45, 7) is 16.1. The van der Waals surface area contributed by atoms with Crippen molar-refractivity contribution in [3.05, 3.63) is 125 Å². The summed E-state index contributed by atoms with van der Waals surface area (Å²) >= 11 is 0. The SMILES string of the molecule is C=C(N=C(c1ccccc1)N(C)CCN1CCc2cc(C)c(C3=C[CH]3)cc2CC1)c1ccc(F)c(C)c1.CC.O. The second-order valence-electron chi connectivity index (χ2n) is 10.2. The van der Waals surface area contributed by atoms with Crippen molar-refractivity contribution in [3.8, 4) is 0 Å². The summed E-state index contributed by atoms with van der Waals surface area (Å²) in [5.41, 5.74) is 10.3. The smallest absolute Gasteiger partial charge is 0.136 e. The molecule has 1 aliphatic heterocycles. The molecule has 0 spiro atoms. The molecule has 2 aliphatic rings. The number of likely N-dealkylation sites (N-methyl/N-ethyl adjacent to an activating group) is 1. The number of benzene rings is 3. The van der Waals surface area contributed by atoms with Gasteiger partial charge in [-0.25, -0.2) is 9.38 Å². The Bertz CT molecular complexity index is 1380. The number of rotatable bonds is 7. The molecule has 0 saturated heterocycles. The molecule has 0 aromatic heterocycles. The molecule has 3 aromatic carbocycles. The minimum Gasteiger partial charge on any atom is -0.412 e. The van der Waals surface area contributed by atoms with Gasteiger partial charge >= 0.3 is 0 Å². The van der Waals surface area contributed by atoms with Crippen LogP contribution < -0.4 is 0 Å². The summed E-state index contributed by atoms with van der Waals surface area (Å²) in [7, 11) is 2.09. The van der Waals surface area contributed by atoms with Crippen LogP contribution in [-0.2, 0) is 12.8 Å². The van der Waals surface area contributed by atoms with Crippen LogP contribution in [0.4, 0.5) is 4.39 Å². The highest BCUT2D eigenvalue weighted by molar-refractivity contribution is 6.01. The quantitative estimate of drug-likeness (QED) is 0.247. The van der Waals surface area contributed by atoms with Gasteiger partial charge in [-0.1, -0.05) is 69.0 Å². The van der Waals surface area contributed by atoms with Gasteiger partial charge in [0.25, 0.3) is 0 Å². The van der Waals surface area contributed by atoms with Crippen molar-refractivity contribution in [1.82, 2.24) is 9.80 Å². The molecular formula is C35H43FN3O. The van der Waals surface area contributed by atoms with Crippen LogP contribution in [0.1, 0.15) is 52.8 Å². The molecule has 3 aromatic rings. The Kier molecular flexibility index (Phi) is 11.0. The van der Waals surface area contributed by atoms with E-state index in [2.05, 4.69) is 67.1 Å². The topological polar surface area (TPSA) is 50.3 Å². The number of amidine groups is 1. The van der Waals surface area contributed by atoms with Crippen molar-refractivity contribution in [1.29, 1.82) is 0 Å². The number of halogens is 1. The van der Waals surface area contributed by atoms with Gasteiger partial charge < -0.3 is 15.3 Å². The zero-order chi connectivity index (χ0) is 27.9. The number of aryl methyl sites for hydroxylation is 2. The van der Waals surface area contributed by atoms with Gasteiger partial charge in [0, 0.05) is 50.8 Å². The lowest BCUT2D eigenvalue weighted by atomic mass is 9.95. The maximum absolute atomic E-state index is 13.8. The number of nitrogens with zero attached hydrogens (tertiary/aromatic N) is 3. The van der Waals surface area contributed by atoms with Gasteiger partial charge in [0.05, 0.1) is 5.70 Å². The van der Waals surface area contributed by atoms with Crippen molar-refractivity contribution in [3.63, 3.8) is 0 Å². The largest absolute Gasteiger partial charge is 0.412 e. The van der Waals surface area contributed by atoms with Crippen LogP contribution in [0.15, 0.2) is 78.3 Å². The lowest BCUT2D eigenvalue weighted by molar-refractivity contribution is 0.267. The van der Waals surface area contributed by atoms with E-state index in [0.29, 0.717) is 11.3 Å². The van der Waals surface area contributed by atoms with Crippen LogP contribution in [0.2, 0.25) is 0 Å². The van der Waals surface area contributed by atoms with E-state index in [0.717, 1.165) is 56.0 Å². The standard InChI is InChI=1S/C33H35FN3.C2H6.H2O/c1-23-20-29-14-16-37(17-15-30(29)22-31(23)26-10-11-26)19-18-36(4)33(27-8-6-5-7-9-27)35-25(3)28-12-13-32(34)24(2)21-28;1-2;/h5-13,20-22H,3,14-19H2,1-2,4H3;1-2H3;1H2. The Hall–Kier alpha value is -3.54. The highest BCUT2D eigenvalue weighted by atomic mass is 19.1. The van der Waals surface area contributed by atoms with Crippen molar-refractivity contribution in [2.45, 2.75) is 40.5 Å². The number of hydrogen-bond donors (Lipinski definition) is 0. The maximum Gasteiger partial charge on any atom is 0.136 e. The fourth-order valence-corrected chi connectivity index (χ4v) is 5.07. The third-order valence-corrected chi connectivity index (χ3v) is 7.46. The van der Waals surface area contributed by atoms with Gasteiger partial charge in [0.2, 0.25) is 0 Å². The second-order valence-corrected chi connectivity index (χ2v) is 10.2. The first-order valence-electron chi connectivity index (χ1n) is 14.1. The molecule has 1 aliphatic carbocycles.